The van der Waals surface area contributed by atoms with Gasteiger partial charge in [-0.15, -0.1) is 0 Å². The molecule has 0 amide bonds. The lowest BCUT2D eigenvalue weighted by Gasteiger charge is -2.32. The Bertz CT molecular complexity index is 618. The van der Waals surface area contributed by atoms with Gasteiger partial charge in [-0.25, -0.2) is 4.39 Å². The van der Waals surface area contributed by atoms with E-state index in [1.807, 2.05) is 12.1 Å². The van der Waals surface area contributed by atoms with Gasteiger partial charge in [-0.3, -0.25) is 0 Å². The van der Waals surface area contributed by atoms with Gasteiger partial charge in [0.2, 0.25) is 0 Å². The average Bonchev–Trinajstić information content (AvgIpc) is 2.63. The zero-order chi connectivity index (χ0) is 16.3. The SMILES string of the molecule is CCC1=CC(N(c2ccc(F)cc2)C(C)C)=C(C)C(C)=CC1. The monoisotopic (exact) mass is 299 g/mol. The Morgan fingerprint density at radius 2 is 1.77 bits per heavy atom. The van der Waals surface area contributed by atoms with Crippen molar-refractivity contribution < 1.29 is 4.39 Å². The van der Waals surface area contributed by atoms with E-state index in [0.717, 1.165) is 18.5 Å². The van der Waals surface area contributed by atoms with Crippen LogP contribution in [-0.2, 0) is 0 Å². The summed E-state index contributed by atoms with van der Waals surface area (Å²) in [6.07, 6.45) is 6.68. The Kier molecular flexibility index (Phi) is 5.23. The highest BCUT2D eigenvalue weighted by molar-refractivity contribution is 5.59. The molecule has 118 valence electrons. The molecule has 2 rings (SSSR count). The summed E-state index contributed by atoms with van der Waals surface area (Å²) in [6, 6.07) is 7.09. The summed E-state index contributed by atoms with van der Waals surface area (Å²) < 4.78 is 13.3. The van der Waals surface area contributed by atoms with Gasteiger partial charge in [0.25, 0.3) is 0 Å². The number of hydrogen-bond donors (Lipinski definition) is 0. The first-order valence-corrected chi connectivity index (χ1v) is 8.06. The fraction of sp³-hybridized carbons (Fsp3) is 0.400. The molecule has 1 aliphatic rings. The van der Waals surface area contributed by atoms with Gasteiger partial charge in [-0.2, -0.15) is 0 Å². The molecule has 1 aromatic carbocycles. The molecule has 0 heterocycles. The highest BCUT2D eigenvalue weighted by Gasteiger charge is 2.19. The van der Waals surface area contributed by atoms with Crippen molar-refractivity contribution in [3.8, 4) is 0 Å². The van der Waals surface area contributed by atoms with Crippen LogP contribution in [0, 0.1) is 5.82 Å². The van der Waals surface area contributed by atoms with Crippen LogP contribution in [-0.4, -0.2) is 6.04 Å². The molecule has 0 N–H and O–H groups in total. The maximum Gasteiger partial charge on any atom is 0.123 e. The largest absolute Gasteiger partial charge is 0.339 e. The van der Waals surface area contributed by atoms with E-state index < -0.39 is 0 Å². The zero-order valence-electron chi connectivity index (χ0n) is 14.3. The van der Waals surface area contributed by atoms with E-state index in [0.29, 0.717) is 6.04 Å². The van der Waals surface area contributed by atoms with E-state index in [4.69, 9.17) is 0 Å². The highest BCUT2D eigenvalue weighted by Crippen LogP contribution is 2.31. The maximum absolute atomic E-state index is 13.3. The second-order valence-corrected chi connectivity index (χ2v) is 6.20. The molecular formula is C20H26FN. The number of benzene rings is 1. The number of anilines is 1. The number of hydrogen-bond acceptors (Lipinski definition) is 1. The molecule has 22 heavy (non-hydrogen) atoms. The maximum atomic E-state index is 13.3. The highest BCUT2D eigenvalue weighted by atomic mass is 19.1. The van der Waals surface area contributed by atoms with Crippen LogP contribution in [0.3, 0.4) is 0 Å². The van der Waals surface area contributed by atoms with Gasteiger partial charge in [0.15, 0.2) is 0 Å². The first kappa shape index (κ1) is 16.5. The molecule has 0 fully saturated rings. The minimum atomic E-state index is -0.195. The Balaban J connectivity index is 2.57. The first-order chi connectivity index (χ1) is 10.4. The van der Waals surface area contributed by atoms with Crippen molar-refractivity contribution in [2.24, 2.45) is 0 Å². The van der Waals surface area contributed by atoms with E-state index in [1.165, 1.54) is 34.5 Å². The smallest absolute Gasteiger partial charge is 0.123 e. The molecule has 0 spiro atoms. The molecular weight excluding hydrogens is 273 g/mol. The zero-order valence-corrected chi connectivity index (χ0v) is 14.3. The summed E-state index contributed by atoms with van der Waals surface area (Å²) in [7, 11) is 0. The average molecular weight is 299 g/mol. The van der Waals surface area contributed by atoms with Crippen molar-refractivity contribution in [2.75, 3.05) is 4.90 Å². The predicted octanol–water partition coefficient (Wildman–Crippen LogP) is 6.00. The number of rotatable bonds is 4. The lowest BCUT2D eigenvalue weighted by Crippen LogP contribution is -2.30. The van der Waals surface area contributed by atoms with E-state index in [2.05, 4.69) is 51.7 Å². The summed E-state index contributed by atoms with van der Waals surface area (Å²) in [5.74, 6) is -0.195. The molecule has 0 aromatic heterocycles. The number of nitrogens with zero attached hydrogens (tertiary/aromatic N) is 1. The second kappa shape index (κ2) is 6.95. The van der Waals surface area contributed by atoms with Crippen molar-refractivity contribution in [3.05, 3.63) is 64.7 Å². The summed E-state index contributed by atoms with van der Waals surface area (Å²) in [5.41, 5.74) is 6.31. The third-order valence-corrected chi connectivity index (χ3v) is 4.32. The van der Waals surface area contributed by atoms with Crippen LogP contribution in [0.4, 0.5) is 10.1 Å². The Labute approximate surface area is 133 Å². The quantitative estimate of drug-likeness (QED) is 0.659. The van der Waals surface area contributed by atoms with Crippen LogP contribution in [0.1, 0.15) is 47.5 Å². The van der Waals surface area contributed by atoms with Gasteiger partial charge < -0.3 is 4.90 Å². The molecule has 0 bridgehead atoms. The fourth-order valence-electron chi connectivity index (χ4n) is 2.81. The van der Waals surface area contributed by atoms with Gasteiger partial charge in [-0.05, 0) is 82.0 Å². The van der Waals surface area contributed by atoms with E-state index in [-0.39, 0.29) is 5.82 Å². The summed E-state index contributed by atoms with van der Waals surface area (Å²) in [5, 5.41) is 0. The van der Waals surface area contributed by atoms with Gasteiger partial charge >= 0.3 is 0 Å². The third-order valence-electron chi connectivity index (χ3n) is 4.32. The molecule has 1 nitrogen and oxygen atoms in total. The van der Waals surface area contributed by atoms with Gasteiger partial charge in [0, 0.05) is 17.4 Å². The summed E-state index contributed by atoms with van der Waals surface area (Å²) in [4.78, 5) is 2.30. The minimum Gasteiger partial charge on any atom is -0.339 e. The molecule has 0 aliphatic heterocycles. The van der Waals surface area contributed by atoms with Crippen LogP contribution in [0.5, 0.6) is 0 Å². The van der Waals surface area contributed by atoms with Crippen molar-refractivity contribution in [1.82, 2.24) is 0 Å². The van der Waals surface area contributed by atoms with Crippen LogP contribution >= 0.6 is 0 Å². The number of allylic oxidation sites excluding steroid dienone is 5. The molecule has 1 aliphatic carbocycles. The van der Waals surface area contributed by atoms with Crippen molar-refractivity contribution in [2.45, 2.75) is 53.5 Å². The first-order valence-electron chi connectivity index (χ1n) is 8.06. The molecule has 0 saturated heterocycles. The molecule has 2 heteroatoms. The molecule has 0 unspecified atom stereocenters. The van der Waals surface area contributed by atoms with Crippen LogP contribution in [0.25, 0.3) is 0 Å². The molecule has 1 aromatic rings. The lowest BCUT2D eigenvalue weighted by molar-refractivity contribution is 0.627. The fourth-order valence-corrected chi connectivity index (χ4v) is 2.81. The van der Waals surface area contributed by atoms with Crippen LogP contribution in [0.2, 0.25) is 0 Å². The lowest BCUT2D eigenvalue weighted by atomic mass is 10.0. The van der Waals surface area contributed by atoms with Crippen molar-refractivity contribution in [1.29, 1.82) is 0 Å². The van der Waals surface area contributed by atoms with Crippen LogP contribution < -0.4 is 4.90 Å². The van der Waals surface area contributed by atoms with Crippen molar-refractivity contribution >= 4 is 5.69 Å². The third kappa shape index (κ3) is 3.49. The summed E-state index contributed by atoms with van der Waals surface area (Å²) in [6.45, 7) is 10.9. The van der Waals surface area contributed by atoms with E-state index in [1.54, 1.807) is 0 Å². The predicted molar refractivity (Wildman–Crippen MR) is 93.5 cm³/mol. The second-order valence-electron chi connectivity index (χ2n) is 6.20. The Morgan fingerprint density at radius 1 is 1.14 bits per heavy atom. The topological polar surface area (TPSA) is 3.24 Å². The minimum absolute atomic E-state index is 0.195. The molecule has 0 atom stereocenters. The molecule has 0 radical (unpaired) electrons. The van der Waals surface area contributed by atoms with Gasteiger partial charge in [0.05, 0.1) is 0 Å². The van der Waals surface area contributed by atoms with E-state index in [9.17, 15) is 4.39 Å². The standard InChI is InChI=1S/C20H26FN/c1-6-17-8-7-15(4)16(5)20(13-17)22(14(2)3)19-11-9-18(21)10-12-19/h7,9-14H,6,8H2,1-5H3. The van der Waals surface area contributed by atoms with E-state index >= 15 is 0 Å². The van der Waals surface area contributed by atoms with Crippen molar-refractivity contribution in [3.63, 3.8) is 0 Å². The molecule has 0 saturated carbocycles. The van der Waals surface area contributed by atoms with Crippen LogP contribution in [0.15, 0.2) is 58.8 Å². The normalized spacial score (nSPS) is 15.6. The Morgan fingerprint density at radius 3 is 2.32 bits per heavy atom. The summed E-state index contributed by atoms with van der Waals surface area (Å²) >= 11 is 0. The Hall–Kier alpha value is -1.83. The number of halogens is 1. The van der Waals surface area contributed by atoms with Gasteiger partial charge in [0.1, 0.15) is 5.82 Å². The van der Waals surface area contributed by atoms with Gasteiger partial charge in [-0.1, -0.05) is 18.6 Å².